The van der Waals surface area contributed by atoms with Crippen LogP contribution in [0.4, 0.5) is 4.79 Å². The van der Waals surface area contributed by atoms with Gasteiger partial charge in [0.25, 0.3) is 0 Å². The third-order valence-corrected chi connectivity index (χ3v) is 3.08. The van der Waals surface area contributed by atoms with Crippen molar-refractivity contribution in [3.8, 4) is 0 Å². The van der Waals surface area contributed by atoms with E-state index in [-0.39, 0.29) is 12.6 Å². The van der Waals surface area contributed by atoms with Crippen molar-refractivity contribution in [1.82, 2.24) is 4.90 Å². The maximum atomic E-state index is 12.3. The summed E-state index contributed by atoms with van der Waals surface area (Å²) in [5, 5.41) is 9.52. The fraction of sp³-hybridized carbons (Fsp3) is 0.857. The maximum absolute atomic E-state index is 12.3. The smallest absolute Gasteiger partial charge is 0.411 e. The molecule has 1 rings (SSSR count). The Morgan fingerprint density at radius 1 is 1.25 bits per heavy atom. The molecule has 1 N–H and O–H groups in total. The number of rotatable bonds is 6. The lowest BCUT2D eigenvalue weighted by Crippen LogP contribution is -2.59. The van der Waals surface area contributed by atoms with E-state index in [9.17, 15) is 14.7 Å². The third kappa shape index (κ3) is 4.10. The molecule has 1 aliphatic rings. The van der Waals surface area contributed by atoms with Crippen molar-refractivity contribution < 1.29 is 24.2 Å². The summed E-state index contributed by atoms with van der Waals surface area (Å²) in [7, 11) is 0. The number of amides is 1. The largest absolute Gasteiger partial charge is 0.479 e. The molecule has 1 fully saturated rings. The van der Waals surface area contributed by atoms with Crippen LogP contribution >= 0.6 is 0 Å². The van der Waals surface area contributed by atoms with Gasteiger partial charge in [0.15, 0.2) is 5.54 Å². The average molecular weight is 287 g/mol. The average Bonchev–Trinajstić information content (AvgIpc) is 3.08. The molecule has 1 unspecified atom stereocenters. The van der Waals surface area contributed by atoms with Crippen molar-refractivity contribution in [1.29, 1.82) is 0 Å². The molecule has 0 aromatic rings. The summed E-state index contributed by atoms with van der Waals surface area (Å²) in [5.41, 5.74) is -2.06. The second kappa shape index (κ2) is 5.99. The van der Waals surface area contributed by atoms with E-state index < -0.39 is 23.2 Å². The van der Waals surface area contributed by atoms with Gasteiger partial charge in [-0.15, -0.1) is 0 Å². The van der Waals surface area contributed by atoms with Crippen molar-refractivity contribution in [2.24, 2.45) is 0 Å². The van der Waals surface area contributed by atoms with E-state index in [0.717, 1.165) is 12.8 Å². The van der Waals surface area contributed by atoms with Gasteiger partial charge in [-0.3, -0.25) is 4.90 Å². The topological polar surface area (TPSA) is 76.1 Å². The summed E-state index contributed by atoms with van der Waals surface area (Å²) in [5.74, 6) is -1.08. The molecular weight excluding hydrogens is 262 g/mol. The molecule has 0 spiro atoms. The molecule has 6 nitrogen and oxygen atoms in total. The Bertz CT molecular complexity index is 372. The molecule has 1 atom stereocenters. The van der Waals surface area contributed by atoms with Crippen LogP contribution in [0.15, 0.2) is 0 Å². The predicted molar refractivity (Wildman–Crippen MR) is 73.6 cm³/mol. The van der Waals surface area contributed by atoms with Crippen LogP contribution in [0.1, 0.15) is 47.5 Å². The highest BCUT2D eigenvalue weighted by molar-refractivity contribution is 5.84. The highest BCUT2D eigenvalue weighted by atomic mass is 16.6. The second-order valence-electron chi connectivity index (χ2n) is 6.30. The van der Waals surface area contributed by atoms with Gasteiger partial charge in [0, 0.05) is 12.6 Å². The molecular formula is C14H25NO5. The lowest BCUT2D eigenvalue weighted by Gasteiger charge is -2.38. The minimum Gasteiger partial charge on any atom is -0.479 e. The standard InChI is InChI=1S/C14H25NO5/c1-6-19-9-14(5,11(16)17)15(10-7-8-10)12(18)20-13(2,3)4/h10H,6-9H2,1-5H3,(H,16,17). The number of carboxylic acids is 1. The van der Waals surface area contributed by atoms with E-state index in [2.05, 4.69) is 0 Å². The lowest BCUT2D eigenvalue weighted by molar-refractivity contribution is -0.154. The summed E-state index contributed by atoms with van der Waals surface area (Å²) in [6, 6.07) is -0.0774. The molecule has 6 heteroatoms. The van der Waals surface area contributed by atoms with Crippen LogP contribution in [-0.2, 0) is 14.3 Å². The quantitative estimate of drug-likeness (QED) is 0.811. The Kier molecular flexibility index (Phi) is 5.02. The zero-order valence-electron chi connectivity index (χ0n) is 12.9. The summed E-state index contributed by atoms with van der Waals surface area (Å²) >= 11 is 0. The first kappa shape index (κ1) is 16.8. The molecule has 20 heavy (non-hydrogen) atoms. The molecule has 0 bridgehead atoms. The molecule has 0 aromatic heterocycles. The molecule has 1 saturated carbocycles. The summed E-state index contributed by atoms with van der Waals surface area (Å²) in [4.78, 5) is 25.3. The molecule has 0 aromatic carbocycles. The van der Waals surface area contributed by atoms with Crippen LogP contribution in [0, 0.1) is 0 Å². The van der Waals surface area contributed by atoms with Crippen molar-refractivity contribution in [2.45, 2.75) is 64.6 Å². The fourth-order valence-corrected chi connectivity index (χ4v) is 1.93. The Balaban J connectivity index is 2.97. The zero-order valence-corrected chi connectivity index (χ0v) is 12.9. The molecule has 0 heterocycles. The van der Waals surface area contributed by atoms with E-state index >= 15 is 0 Å². The third-order valence-electron chi connectivity index (χ3n) is 3.08. The Morgan fingerprint density at radius 2 is 1.80 bits per heavy atom. The molecule has 0 radical (unpaired) electrons. The van der Waals surface area contributed by atoms with Gasteiger partial charge in [-0.1, -0.05) is 0 Å². The highest BCUT2D eigenvalue weighted by Crippen LogP contribution is 2.35. The number of carboxylic acid groups (broad SMARTS) is 1. The Morgan fingerprint density at radius 3 is 2.15 bits per heavy atom. The molecule has 0 saturated heterocycles. The van der Waals surface area contributed by atoms with Gasteiger partial charge in [0.2, 0.25) is 0 Å². The minimum absolute atomic E-state index is 0.0470. The number of hydrogen-bond donors (Lipinski definition) is 1. The Hall–Kier alpha value is -1.30. The van der Waals surface area contributed by atoms with Gasteiger partial charge < -0.3 is 14.6 Å². The van der Waals surface area contributed by atoms with Crippen LogP contribution < -0.4 is 0 Å². The molecule has 0 aliphatic heterocycles. The van der Waals surface area contributed by atoms with E-state index in [4.69, 9.17) is 9.47 Å². The zero-order chi connectivity index (χ0) is 15.6. The number of hydrogen-bond acceptors (Lipinski definition) is 4. The van der Waals surface area contributed by atoms with Gasteiger partial charge in [-0.05, 0) is 47.5 Å². The van der Waals surface area contributed by atoms with Crippen LogP contribution in [0.3, 0.4) is 0 Å². The van der Waals surface area contributed by atoms with Gasteiger partial charge in [-0.25, -0.2) is 9.59 Å². The second-order valence-corrected chi connectivity index (χ2v) is 6.30. The van der Waals surface area contributed by atoms with Crippen molar-refractivity contribution in [2.75, 3.05) is 13.2 Å². The van der Waals surface area contributed by atoms with Gasteiger partial charge in [0.1, 0.15) is 5.60 Å². The number of carbonyl (C=O) groups excluding carboxylic acids is 1. The molecule has 1 aliphatic carbocycles. The predicted octanol–water partition coefficient (Wildman–Crippen LogP) is 2.27. The first-order chi connectivity index (χ1) is 9.12. The maximum Gasteiger partial charge on any atom is 0.411 e. The van der Waals surface area contributed by atoms with Gasteiger partial charge in [-0.2, -0.15) is 0 Å². The van der Waals surface area contributed by atoms with Crippen LogP contribution in [0.25, 0.3) is 0 Å². The van der Waals surface area contributed by atoms with Crippen LogP contribution in [0.2, 0.25) is 0 Å². The number of carbonyl (C=O) groups is 2. The molecule has 1 amide bonds. The first-order valence-corrected chi connectivity index (χ1v) is 6.95. The monoisotopic (exact) mass is 287 g/mol. The van der Waals surface area contributed by atoms with Gasteiger partial charge in [0.05, 0.1) is 6.61 Å². The van der Waals surface area contributed by atoms with Crippen molar-refractivity contribution >= 4 is 12.1 Å². The number of ether oxygens (including phenoxy) is 2. The summed E-state index contributed by atoms with van der Waals surface area (Å²) in [6.07, 6.45) is 1.01. The van der Waals surface area contributed by atoms with Crippen LogP contribution in [-0.4, -0.2) is 52.5 Å². The number of aliphatic carboxylic acids is 1. The normalized spacial score (nSPS) is 18.2. The van der Waals surface area contributed by atoms with E-state index in [1.54, 1.807) is 27.7 Å². The summed E-state index contributed by atoms with van der Waals surface area (Å²) < 4.78 is 10.6. The van der Waals surface area contributed by atoms with Crippen molar-refractivity contribution in [3.05, 3.63) is 0 Å². The lowest BCUT2D eigenvalue weighted by atomic mass is 10.0. The van der Waals surface area contributed by atoms with Crippen LogP contribution in [0.5, 0.6) is 0 Å². The highest BCUT2D eigenvalue weighted by Gasteiger charge is 2.50. The van der Waals surface area contributed by atoms with E-state index in [1.165, 1.54) is 11.8 Å². The summed E-state index contributed by atoms with van der Waals surface area (Å²) in [6.45, 7) is 8.93. The number of nitrogens with zero attached hydrogens (tertiary/aromatic N) is 1. The van der Waals surface area contributed by atoms with E-state index in [0.29, 0.717) is 6.61 Å². The van der Waals surface area contributed by atoms with Gasteiger partial charge >= 0.3 is 12.1 Å². The molecule has 116 valence electrons. The SMILES string of the molecule is CCOCC(C)(C(=O)O)N(C(=O)OC(C)(C)C)C1CC1. The first-order valence-electron chi connectivity index (χ1n) is 6.95. The fourth-order valence-electron chi connectivity index (χ4n) is 1.93. The minimum atomic E-state index is -1.40. The van der Waals surface area contributed by atoms with E-state index in [1.807, 2.05) is 0 Å². The van der Waals surface area contributed by atoms with Crippen molar-refractivity contribution in [3.63, 3.8) is 0 Å². The Labute approximate surface area is 120 Å².